The van der Waals surface area contributed by atoms with Crippen molar-refractivity contribution in [3.8, 4) is 0 Å². The van der Waals surface area contributed by atoms with Crippen molar-refractivity contribution >= 4 is 68.1 Å². The number of allylic oxidation sites excluding steroid dienone is 2. The Bertz CT molecular complexity index is 769. The van der Waals surface area contributed by atoms with Crippen molar-refractivity contribution in [2.24, 2.45) is 0 Å². The minimum absolute atomic E-state index is 0.636. The molecule has 2 aliphatic rings. The summed E-state index contributed by atoms with van der Waals surface area (Å²) in [5, 5.41) is 2.85. The van der Waals surface area contributed by atoms with Crippen molar-refractivity contribution in [2.75, 3.05) is 0 Å². The zero-order valence-corrected chi connectivity index (χ0v) is 15.3. The van der Waals surface area contributed by atoms with Crippen molar-refractivity contribution in [1.29, 1.82) is 0 Å². The van der Waals surface area contributed by atoms with E-state index in [1.807, 2.05) is 0 Å². The molecule has 2 aromatic rings. The molecule has 0 unspecified atom stereocenters. The highest BCUT2D eigenvalue weighted by atomic mass is 127. The minimum Gasteiger partial charge on any atom is -0.0836 e. The summed E-state index contributed by atoms with van der Waals surface area (Å²) in [6.07, 6.45) is 12.9. The summed E-state index contributed by atoms with van der Waals surface area (Å²) in [7, 11) is 0. The number of rotatable bonds is 0. The van der Waals surface area contributed by atoms with Crippen LogP contribution in [0.4, 0.5) is 0 Å². The summed E-state index contributed by atoms with van der Waals surface area (Å²) in [5.74, 6) is 0. The maximum Gasteiger partial charge on any atom is 0.0333 e. The van der Waals surface area contributed by atoms with Gasteiger partial charge in [0.15, 0.2) is 0 Å². The molecule has 0 fully saturated rings. The van der Waals surface area contributed by atoms with Crippen LogP contribution in [0.15, 0.2) is 30.4 Å². The standard InChI is InChI=1S/C18H14I2/c19-11-5-7-15-16-8-6-12(20)10-18(16)14-4-2-1-3-13(14)17(15)9-11/h1,3,5-9,12H,2,4,10H2/t12-/m0/s1. The van der Waals surface area contributed by atoms with Crippen LogP contribution in [0.5, 0.6) is 0 Å². The summed E-state index contributed by atoms with van der Waals surface area (Å²) < 4.78 is 1.96. The second-order valence-electron chi connectivity index (χ2n) is 5.49. The highest BCUT2D eigenvalue weighted by Gasteiger charge is 2.22. The summed E-state index contributed by atoms with van der Waals surface area (Å²) >= 11 is 4.97. The molecule has 0 saturated heterocycles. The lowest BCUT2D eigenvalue weighted by atomic mass is 9.81. The highest BCUT2D eigenvalue weighted by Crippen LogP contribution is 2.39. The van der Waals surface area contributed by atoms with Gasteiger partial charge in [0.05, 0.1) is 0 Å². The fourth-order valence-electron chi connectivity index (χ4n) is 3.42. The SMILES string of the molecule is Ic1ccc2c3c(c4c(c2c1)C=CCC4)C[C@@H](I)C=C3. The van der Waals surface area contributed by atoms with E-state index in [1.54, 1.807) is 11.1 Å². The molecule has 0 bridgehead atoms. The lowest BCUT2D eigenvalue weighted by Crippen LogP contribution is -2.12. The van der Waals surface area contributed by atoms with E-state index in [0.717, 1.165) is 0 Å². The second kappa shape index (κ2) is 5.13. The van der Waals surface area contributed by atoms with E-state index in [9.17, 15) is 0 Å². The molecular weight excluding hydrogens is 470 g/mol. The zero-order valence-electron chi connectivity index (χ0n) is 11.0. The largest absolute Gasteiger partial charge is 0.0836 e. The third-order valence-electron chi connectivity index (χ3n) is 4.29. The van der Waals surface area contributed by atoms with Crippen LogP contribution >= 0.6 is 45.2 Å². The Morgan fingerprint density at radius 3 is 2.75 bits per heavy atom. The third-order valence-corrected chi connectivity index (χ3v) is 5.82. The molecule has 0 nitrogen and oxygen atoms in total. The Balaban J connectivity index is 2.16. The van der Waals surface area contributed by atoms with E-state index in [4.69, 9.17) is 0 Å². The Morgan fingerprint density at radius 2 is 1.85 bits per heavy atom. The highest BCUT2D eigenvalue weighted by molar-refractivity contribution is 14.1. The second-order valence-corrected chi connectivity index (χ2v) is 8.34. The fourth-order valence-corrected chi connectivity index (χ4v) is 4.56. The van der Waals surface area contributed by atoms with Crippen LogP contribution < -0.4 is 0 Å². The van der Waals surface area contributed by atoms with E-state index >= 15 is 0 Å². The molecule has 0 N–H and O–H groups in total. The molecule has 0 aromatic heterocycles. The zero-order chi connectivity index (χ0) is 13.7. The van der Waals surface area contributed by atoms with Crippen LogP contribution in [-0.4, -0.2) is 3.92 Å². The molecular formula is C18H14I2. The first-order valence-corrected chi connectivity index (χ1v) is 9.32. The molecule has 100 valence electrons. The van der Waals surface area contributed by atoms with E-state index in [1.165, 1.54) is 44.7 Å². The van der Waals surface area contributed by atoms with Gasteiger partial charge in [-0.15, -0.1) is 0 Å². The number of halogens is 2. The molecule has 0 saturated carbocycles. The molecule has 20 heavy (non-hydrogen) atoms. The van der Waals surface area contributed by atoms with Gasteiger partial charge in [0.25, 0.3) is 0 Å². The van der Waals surface area contributed by atoms with Crippen LogP contribution in [0.3, 0.4) is 0 Å². The van der Waals surface area contributed by atoms with Crippen LogP contribution in [0, 0.1) is 3.57 Å². The molecule has 0 heterocycles. The Kier molecular flexibility index (Phi) is 3.41. The number of hydrogen-bond acceptors (Lipinski definition) is 0. The van der Waals surface area contributed by atoms with E-state index < -0.39 is 0 Å². The van der Waals surface area contributed by atoms with Gasteiger partial charge in [-0.05, 0) is 87.0 Å². The van der Waals surface area contributed by atoms with Gasteiger partial charge >= 0.3 is 0 Å². The average molecular weight is 484 g/mol. The first-order valence-electron chi connectivity index (χ1n) is 7.00. The molecule has 2 aliphatic carbocycles. The van der Waals surface area contributed by atoms with Gasteiger partial charge in [-0.2, -0.15) is 0 Å². The van der Waals surface area contributed by atoms with Crippen molar-refractivity contribution in [3.63, 3.8) is 0 Å². The number of hydrogen-bond donors (Lipinski definition) is 0. The van der Waals surface area contributed by atoms with Gasteiger partial charge < -0.3 is 0 Å². The maximum absolute atomic E-state index is 2.55. The first kappa shape index (κ1) is 13.3. The van der Waals surface area contributed by atoms with Gasteiger partial charge in [-0.1, -0.05) is 53.0 Å². The molecule has 4 rings (SSSR count). The van der Waals surface area contributed by atoms with E-state index in [-0.39, 0.29) is 0 Å². The van der Waals surface area contributed by atoms with Gasteiger partial charge in [0.2, 0.25) is 0 Å². The summed E-state index contributed by atoms with van der Waals surface area (Å²) in [6.45, 7) is 0. The molecule has 2 heteroatoms. The Labute approximate surface area is 146 Å². The molecule has 2 aromatic carbocycles. The van der Waals surface area contributed by atoms with Gasteiger partial charge in [0.1, 0.15) is 0 Å². The molecule has 0 amide bonds. The smallest absolute Gasteiger partial charge is 0.0333 e. The van der Waals surface area contributed by atoms with Crippen LogP contribution in [0.2, 0.25) is 0 Å². The monoisotopic (exact) mass is 484 g/mol. The molecule has 1 atom stereocenters. The predicted octanol–water partition coefficient (Wildman–Crippen LogP) is 5.78. The number of fused-ring (bicyclic) bond motifs is 6. The van der Waals surface area contributed by atoms with E-state index in [2.05, 4.69) is 87.7 Å². The summed E-state index contributed by atoms with van der Waals surface area (Å²) in [5.41, 5.74) is 6.14. The fraction of sp³-hybridized carbons (Fsp3) is 0.222. The maximum atomic E-state index is 2.55. The quantitative estimate of drug-likeness (QED) is 0.329. The predicted molar refractivity (Wildman–Crippen MR) is 105 cm³/mol. The van der Waals surface area contributed by atoms with Crippen molar-refractivity contribution < 1.29 is 0 Å². The lowest BCUT2D eigenvalue weighted by molar-refractivity contribution is 0.929. The lowest BCUT2D eigenvalue weighted by Gasteiger charge is -2.25. The van der Waals surface area contributed by atoms with E-state index in [0.29, 0.717) is 3.92 Å². The molecule has 0 radical (unpaired) electrons. The third kappa shape index (κ3) is 2.06. The van der Waals surface area contributed by atoms with Gasteiger partial charge in [-0.25, -0.2) is 0 Å². The van der Waals surface area contributed by atoms with Crippen molar-refractivity contribution in [3.05, 3.63) is 56.2 Å². The summed E-state index contributed by atoms with van der Waals surface area (Å²) in [4.78, 5) is 0. The Hall–Kier alpha value is -0.360. The minimum atomic E-state index is 0.636. The van der Waals surface area contributed by atoms with Crippen LogP contribution in [0.1, 0.15) is 28.7 Å². The normalized spacial score (nSPS) is 20.0. The Morgan fingerprint density at radius 1 is 1.00 bits per heavy atom. The molecule has 0 spiro atoms. The average Bonchev–Trinajstić information content (AvgIpc) is 2.47. The van der Waals surface area contributed by atoms with Crippen LogP contribution in [0.25, 0.3) is 22.9 Å². The first-order chi connectivity index (χ1) is 9.74. The summed E-state index contributed by atoms with van der Waals surface area (Å²) in [6, 6.07) is 6.87. The van der Waals surface area contributed by atoms with Gasteiger partial charge in [0, 0.05) is 7.49 Å². The van der Waals surface area contributed by atoms with Crippen molar-refractivity contribution in [1.82, 2.24) is 0 Å². The van der Waals surface area contributed by atoms with Crippen molar-refractivity contribution in [2.45, 2.75) is 23.2 Å². The topological polar surface area (TPSA) is 0 Å². The molecule has 0 aliphatic heterocycles. The van der Waals surface area contributed by atoms with Gasteiger partial charge in [-0.3, -0.25) is 0 Å². The number of benzene rings is 2. The number of alkyl halides is 1. The van der Waals surface area contributed by atoms with Crippen LogP contribution in [-0.2, 0) is 12.8 Å².